The molecule has 4 rings (SSSR count). The van der Waals surface area contributed by atoms with Crippen LogP contribution in [0.25, 0.3) is 22.3 Å². The Morgan fingerprint density at radius 1 is 0.558 bits per heavy atom. The van der Waals surface area contributed by atoms with Crippen LogP contribution in [-0.2, 0) is 27.2 Å². The van der Waals surface area contributed by atoms with Crippen molar-refractivity contribution in [2.24, 2.45) is 17.2 Å². The van der Waals surface area contributed by atoms with Crippen LogP contribution in [0.3, 0.4) is 0 Å². The molecule has 11 heteroatoms. The maximum Gasteiger partial charge on any atom is 0.243 e. The highest BCUT2D eigenvalue weighted by molar-refractivity contribution is 5.93. The van der Waals surface area contributed by atoms with Crippen molar-refractivity contribution in [3.63, 3.8) is 0 Å². The Morgan fingerprint density at radius 3 is 1.56 bits per heavy atom. The average Bonchev–Trinajstić information content (AvgIpc) is 3.16. The van der Waals surface area contributed by atoms with Gasteiger partial charge in [-0.25, -0.2) is 0 Å². The van der Waals surface area contributed by atoms with Crippen molar-refractivity contribution in [2.75, 3.05) is 19.6 Å². The third kappa shape index (κ3) is 13.0. The number of nitrogens with two attached hydrogens (primary N) is 3. The molecule has 4 aromatic carbocycles. The fourth-order valence-corrected chi connectivity index (χ4v) is 5.84. The third-order valence-corrected chi connectivity index (χ3v) is 8.79. The molecule has 0 spiro atoms. The molecule has 11 nitrogen and oxygen atoms in total. The molecule has 0 saturated carbocycles. The highest BCUT2D eigenvalue weighted by Crippen LogP contribution is 2.21. The normalized spacial score (nSPS) is 12.6. The second kappa shape index (κ2) is 21.0. The fraction of sp³-hybridized carbons (Fsp3) is 0.317. The molecule has 0 unspecified atom stereocenters. The van der Waals surface area contributed by atoms with Gasteiger partial charge in [0.05, 0.1) is 6.04 Å². The highest BCUT2D eigenvalue weighted by atomic mass is 16.2. The lowest BCUT2D eigenvalue weighted by Crippen LogP contribution is -2.56. The minimum absolute atomic E-state index is 0.100. The van der Waals surface area contributed by atoms with E-state index in [1.807, 2.05) is 109 Å². The summed E-state index contributed by atoms with van der Waals surface area (Å²) in [4.78, 5) is 40.7. The molecule has 0 fully saturated rings. The number of hydrogen-bond acceptors (Lipinski definition) is 6. The van der Waals surface area contributed by atoms with Crippen LogP contribution in [0.4, 0.5) is 0 Å². The van der Waals surface area contributed by atoms with Crippen LogP contribution in [0.15, 0.2) is 109 Å². The molecule has 274 valence electrons. The van der Waals surface area contributed by atoms with Gasteiger partial charge in [-0.05, 0) is 78.5 Å². The first-order valence-corrected chi connectivity index (χ1v) is 17.9. The monoisotopic (exact) mass is 704 g/mol. The van der Waals surface area contributed by atoms with Gasteiger partial charge in [0, 0.05) is 19.5 Å². The number of hydrogen-bond donors (Lipinski definition) is 8. The molecule has 0 aliphatic carbocycles. The van der Waals surface area contributed by atoms with Gasteiger partial charge in [0.25, 0.3) is 0 Å². The van der Waals surface area contributed by atoms with Crippen molar-refractivity contribution in [1.29, 1.82) is 5.41 Å². The molecule has 3 amide bonds. The first-order chi connectivity index (χ1) is 25.2. The Hall–Kier alpha value is -5.52. The maximum absolute atomic E-state index is 13.8. The number of unbranched alkanes of at least 4 members (excludes halogenated alkanes) is 2. The molecule has 0 aliphatic heterocycles. The number of amides is 3. The topological polar surface area (TPSA) is 201 Å². The fourth-order valence-electron chi connectivity index (χ4n) is 5.84. The summed E-state index contributed by atoms with van der Waals surface area (Å²) < 4.78 is 0. The molecule has 52 heavy (non-hydrogen) atoms. The van der Waals surface area contributed by atoms with E-state index in [4.69, 9.17) is 22.6 Å². The molecular formula is C41H52N8O3. The molecular weight excluding hydrogens is 653 g/mol. The van der Waals surface area contributed by atoms with Gasteiger partial charge in [0.15, 0.2) is 5.96 Å². The summed E-state index contributed by atoms with van der Waals surface area (Å²) in [6.07, 6.45) is 3.53. The van der Waals surface area contributed by atoms with Crippen molar-refractivity contribution >= 4 is 23.7 Å². The first-order valence-electron chi connectivity index (χ1n) is 17.9. The van der Waals surface area contributed by atoms with Gasteiger partial charge in [-0.2, -0.15) is 0 Å². The minimum Gasteiger partial charge on any atom is -0.370 e. The largest absolute Gasteiger partial charge is 0.370 e. The first kappa shape index (κ1) is 39.3. The van der Waals surface area contributed by atoms with Gasteiger partial charge in [-0.1, -0.05) is 109 Å². The molecule has 0 radical (unpaired) electrons. The summed E-state index contributed by atoms with van der Waals surface area (Å²) in [6, 6.07) is 33.1. The molecule has 11 N–H and O–H groups in total. The Labute approximate surface area is 306 Å². The van der Waals surface area contributed by atoms with Crippen molar-refractivity contribution in [3.05, 3.63) is 120 Å². The molecule has 0 aromatic heterocycles. The summed E-state index contributed by atoms with van der Waals surface area (Å²) >= 11 is 0. The van der Waals surface area contributed by atoms with Crippen LogP contribution in [0, 0.1) is 5.41 Å². The summed E-state index contributed by atoms with van der Waals surface area (Å²) in [5, 5.41) is 18.8. The van der Waals surface area contributed by atoms with E-state index in [0.29, 0.717) is 58.2 Å². The number of guanidine groups is 1. The lowest BCUT2D eigenvalue weighted by Gasteiger charge is -2.24. The number of nitrogens with one attached hydrogen (secondary N) is 5. The van der Waals surface area contributed by atoms with Crippen molar-refractivity contribution in [1.82, 2.24) is 21.3 Å². The third-order valence-electron chi connectivity index (χ3n) is 8.79. The summed E-state index contributed by atoms with van der Waals surface area (Å²) in [6.45, 7) is 1.35. The van der Waals surface area contributed by atoms with Crippen molar-refractivity contribution in [2.45, 2.75) is 63.1 Å². The summed E-state index contributed by atoms with van der Waals surface area (Å²) in [5.41, 5.74) is 23.5. The van der Waals surface area contributed by atoms with Crippen molar-refractivity contribution in [3.8, 4) is 22.3 Å². The highest BCUT2D eigenvalue weighted by Gasteiger charge is 2.28. The zero-order valence-electron chi connectivity index (χ0n) is 29.7. The Morgan fingerprint density at radius 2 is 1.04 bits per heavy atom. The van der Waals surface area contributed by atoms with E-state index >= 15 is 0 Å². The van der Waals surface area contributed by atoms with Gasteiger partial charge in [-0.15, -0.1) is 0 Å². The number of carbonyl (C=O) groups excluding carboxylic acids is 3. The van der Waals surface area contributed by atoms with Crippen LogP contribution < -0.4 is 38.5 Å². The van der Waals surface area contributed by atoms with Crippen molar-refractivity contribution < 1.29 is 14.4 Å². The minimum atomic E-state index is -0.904. The van der Waals surface area contributed by atoms with E-state index in [2.05, 4.69) is 21.3 Å². The van der Waals surface area contributed by atoms with E-state index in [1.54, 1.807) is 0 Å². The van der Waals surface area contributed by atoms with Gasteiger partial charge >= 0.3 is 0 Å². The quantitative estimate of drug-likeness (QED) is 0.0390. The number of benzene rings is 4. The lowest BCUT2D eigenvalue weighted by atomic mass is 9.99. The SMILES string of the molecule is N=C(N)NCCCCNC(=O)[C@H](Cc1ccc(-c2ccccc2)cc1)NC(=O)[C@H](CCCCN)NC(=O)[C@@H](N)Cc1ccc(-c2ccccc2)cc1. The molecule has 4 aromatic rings. The molecule has 0 saturated heterocycles. The average molecular weight is 705 g/mol. The second-order valence-electron chi connectivity index (χ2n) is 12.9. The standard InChI is InChI=1S/C41H52N8O3/c42-24-8-7-15-36(48-38(50)35(43)27-29-16-20-33(21-17-29)31-11-3-1-4-12-31)40(52)49-37(39(51)46-25-9-10-26-47-41(44)45)28-30-18-22-34(23-19-30)32-13-5-2-6-14-32/h1-6,11-14,16-23,35-37H,7-10,15,24-28,42-43H2,(H,46,51)(H,48,50)(H,49,52)(H4,44,45,47)/t35-,36-,37-/m0/s1. The Balaban J connectivity index is 1.42. The zero-order chi connectivity index (χ0) is 37.1. The van der Waals surface area contributed by atoms with Gasteiger partial charge in [0.2, 0.25) is 17.7 Å². The lowest BCUT2D eigenvalue weighted by molar-refractivity contribution is -0.132. The Kier molecular flexibility index (Phi) is 15.8. The van der Waals surface area contributed by atoms with E-state index < -0.39 is 29.9 Å². The number of carbonyl (C=O) groups is 3. The van der Waals surface area contributed by atoms with Gasteiger partial charge in [-0.3, -0.25) is 19.8 Å². The van der Waals surface area contributed by atoms with E-state index in [-0.39, 0.29) is 18.3 Å². The number of rotatable bonds is 20. The van der Waals surface area contributed by atoms with Crippen LogP contribution >= 0.6 is 0 Å². The van der Waals surface area contributed by atoms with E-state index in [0.717, 1.165) is 33.4 Å². The summed E-state index contributed by atoms with van der Waals surface area (Å²) in [5.74, 6) is -1.34. The van der Waals surface area contributed by atoms with E-state index in [1.165, 1.54) is 0 Å². The van der Waals surface area contributed by atoms with Gasteiger partial charge in [0.1, 0.15) is 12.1 Å². The summed E-state index contributed by atoms with van der Waals surface area (Å²) in [7, 11) is 0. The smallest absolute Gasteiger partial charge is 0.243 e. The molecule has 0 bridgehead atoms. The predicted octanol–water partition coefficient (Wildman–Crippen LogP) is 3.61. The van der Waals surface area contributed by atoms with E-state index in [9.17, 15) is 14.4 Å². The molecule has 0 heterocycles. The Bertz CT molecular complexity index is 1700. The maximum atomic E-state index is 13.8. The molecule has 3 atom stereocenters. The second-order valence-corrected chi connectivity index (χ2v) is 12.9. The van der Waals surface area contributed by atoms with Crippen LogP contribution in [-0.4, -0.2) is 61.4 Å². The van der Waals surface area contributed by atoms with Gasteiger partial charge < -0.3 is 38.5 Å². The zero-order valence-corrected chi connectivity index (χ0v) is 29.7. The van der Waals surface area contributed by atoms with Crippen LogP contribution in [0.2, 0.25) is 0 Å². The molecule has 0 aliphatic rings. The van der Waals surface area contributed by atoms with Crippen LogP contribution in [0.1, 0.15) is 43.2 Å². The predicted molar refractivity (Wildman–Crippen MR) is 208 cm³/mol. The van der Waals surface area contributed by atoms with Crippen LogP contribution in [0.5, 0.6) is 0 Å².